The molecule has 18 heavy (non-hydrogen) atoms. The maximum Gasteiger partial charge on any atom is 0.240 e. The summed E-state index contributed by atoms with van der Waals surface area (Å²) >= 11 is 0. The molecule has 2 rings (SSSR count). The molecular weight excluding hydrogens is 250 g/mol. The summed E-state index contributed by atoms with van der Waals surface area (Å²) in [5.41, 5.74) is 0. The number of sulfonamides is 1. The van der Waals surface area contributed by atoms with Crippen LogP contribution in [0.4, 0.5) is 0 Å². The van der Waals surface area contributed by atoms with Crippen molar-refractivity contribution < 1.29 is 13.2 Å². The molecule has 0 aliphatic heterocycles. The van der Waals surface area contributed by atoms with Crippen LogP contribution in [0.25, 0.3) is 0 Å². The molecule has 0 heterocycles. The fourth-order valence-electron chi connectivity index (χ4n) is 2.28. The summed E-state index contributed by atoms with van der Waals surface area (Å²) in [5.74, 6) is 1.31. The van der Waals surface area contributed by atoms with Crippen molar-refractivity contribution in [2.24, 2.45) is 5.92 Å². The van der Waals surface area contributed by atoms with Crippen LogP contribution in [0.1, 0.15) is 26.2 Å². The van der Waals surface area contributed by atoms with Gasteiger partial charge in [-0.05, 0) is 56.5 Å². The van der Waals surface area contributed by atoms with Crippen molar-refractivity contribution in [3.8, 4) is 5.75 Å². The number of ether oxygens (including phenoxy) is 1. The molecule has 1 aromatic carbocycles. The van der Waals surface area contributed by atoms with E-state index in [0.717, 1.165) is 12.2 Å². The zero-order chi connectivity index (χ0) is 13.2. The Kier molecular flexibility index (Phi) is 3.92. The Balaban J connectivity index is 2.08. The van der Waals surface area contributed by atoms with E-state index in [-0.39, 0.29) is 11.0 Å². The Morgan fingerprint density at radius 1 is 1.22 bits per heavy atom. The minimum Gasteiger partial charge on any atom is -0.490 e. The highest BCUT2D eigenvalue weighted by atomic mass is 32.2. The Hall–Kier alpha value is -1.07. The summed E-state index contributed by atoms with van der Waals surface area (Å²) in [4.78, 5) is 0.261. The number of hydrogen-bond donors (Lipinski definition) is 1. The second-order valence-electron chi connectivity index (χ2n) is 4.74. The molecule has 0 unspecified atom stereocenters. The predicted molar refractivity (Wildman–Crippen MR) is 70.1 cm³/mol. The lowest BCUT2D eigenvalue weighted by molar-refractivity contribution is 0.167. The Bertz CT molecular complexity index is 495. The average molecular weight is 269 g/mol. The van der Waals surface area contributed by atoms with Gasteiger partial charge in [0.05, 0.1) is 4.90 Å². The summed E-state index contributed by atoms with van der Waals surface area (Å²) < 4.78 is 31.3. The van der Waals surface area contributed by atoms with Crippen LogP contribution in [-0.2, 0) is 10.0 Å². The minimum atomic E-state index is -3.36. The van der Waals surface area contributed by atoms with Gasteiger partial charge < -0.3 is 4.74 Å². The van der Waals surface area contributed by atoms with Crippen molar-refractivity contribution in [2.75, 3.05) is 7.05 Å². The predicted octanol–water partition coefficient (Wildman–Crippen LogP) is 2.16. The molecule has 4 nitrogen and oxygen atoms in total. The summed E-state index contributed by atoms with van der Waals surface area (Å²) in [5, 5.41) is 0. The molecule has 5 heteroatoms. The molecule has 0 spiro atoms. The minimum absolute atomic E-state index is 0.261. The van der Waals surface area contributed by atoms with Crippen LogP contribution >= 0.6 is 0 Å². The van der Waals surface area contributed by atoms with E-state index in [1.165, 1.54) is 19.9 Å². The van der Waals surface area contributed by atoms with Gasteiger partial charge in [-0.3, -0.25) is 0 Å². The molecular formula is C13H19NO3S. The first-order valence-corrected chi connectivity index (χ1v) is 7.71. The van der Waals surface area contributed by atoms with Crippen molar-refractivity contribution in [1.29, 1.82) is 0 Å². The SMILES string of the molecule is CNS(=O)(=O)c1ccc(O[C@@H]2CCC[C@H]2C)cc1. The number of nitrogens with one attached hydrogen (secondary N) is 1. The van der Waals surface area contributed by atoms with Gasteiger partial charge in [0.25, 0.3) is 0 Å². The van der Waals surface area contributed by atoms with Crippen LogP contribution in [0.15, 0.2) is 29.2 Å². The molecule has 1 fully saturated rings. The third-order valence-corrected chi connectivity index (χ3v) is 4.90. The zero-order valence-electron chi connectivity index (χ0n) is 10.7. The van der Waals surface area contributed by atoms with Gasteiger partial charge in [0.1, 0.15) is 11.9 Å². The first kappa shape index (κ1) is 13.4. The monoisotopic (exact) mass is 269 g/mol. The van der Waals surface area contributed by atoms with E-state index in [1.807, 2.05) is 0 Å². The number of rotatable bonds is 4. The van der Waals surface area contributed by atoms with Gasteiger partial charge in [-0.1, -0.05) is 6.92 Å². The number of benzene rings is 1. The largest absolute Gasteiger partial charge is 0.490 e. The molecule has 0 bridgehead atoms. The molecule has 0 amide bonds. The van der Waals surface area contributed by atoms with Crippen molar-refractivity contribution in [3.05, 3.63) is 24.3 Å². The highest BCUT2D eigenvalue weighted by molar-refractivity contribution is 7.89. The first-order chi connectivity index (χ1) is 8.53. The smallest absolute Gasteiger partial charge is 0.240 e. The molecule has 0 radical (unpaired) electrons. The third kappa shape index (κ3) is 2.84. The number of hydrogen-bond acceptors (Lipinski definition) is 3. The summed E-state index contributed by atoms with van der Waals surface area (Å²) in [7, 11) is -1.96. The Morgan fingerprint density at radius 2 is 1.89 bits per heavy atom. The van der Waals surface area contributed by atoms with Crippen molar-refractivity contribution >= 4 is 10.0 Å². The summed E-state index contributed by atoms with van der Waals surface area (Å²) in [6.07, 6.45) is 3.75. The van der Waals surface area contributed by atoms with Crippen molar-refractivity contribution in [2.45, 2.75) is 37.2 Å². The Morgan fingerprint density at radius 3 is 2.39 bits per heavy atom. The first-order valence-electron chi connectivity index (χ1n) is 6.23. The molecule has 1 saturated carbocycles. The van der Waals surface area contributed by atoms with Gasteiger partial charge >= 0.3 is 0 Å². The van der Waals surface area contributed by atoms with Crippen molar-refractivity contribution in [3.63, 3.8) is 0 Å². The lowest BCUT2D eigenvalue weighted by atomic mass is 10.1. The topological polar surface area (TPSA) is 55.4 Å². The second kappa shape index (κ2) is 5.28. The lowest BCUT2D eigenvalue weighted by Crippen LogP contribution is -2.20. The van der Waals surface area contributed by atoms with Crippen LogP contribution in [0.5, 0.6) is 5.75 Å². The van der Waals surface area contributed by atoms with Gasteiger partial charge in [0.2, 0.25) is 10.0 Å². The van der Waals surface area contributed by atoms with Gasteiger partial charge in [-0.25, -0.2) is 13.1 Å². The van der Waals surface area contributed by atoms with E-state index in [4.69, 9.17) is 4.74 Å². The van der Waals surface area contributed by atoms with Crippen LogP contribution in [-0.4, -0.2) is 21.6 Å². The highest BCUT2D eigenvalue weighted by Crippen LogP contribution is 2.29. The summed E-state index contributed by atoms with van der Waals surface area (Å²) in [6, 6.07) is 6.58. The van der Waals surface area contributed by atoms with Crippen LogP contribution in [0, 0.1) is 5.92 Å². The molecule has 1 aliphatic rings. The average Bonchev–Trinajstić information content (AvgIpc) is 2.76. The van der Waals surface area contributed by atoms with E-state index in [2.05, 4.69) is 11.6 Å². The van der Waals surface area contributed by atoms with Crippen LogP contribution in [0.3, 0.4) is 0 Å². The second-order valence-corrected chi connectivity index (χ2v) is 6.63. The molecule has 1 N–H and O–H groups in total. The zero-order valence-corrected chi connectivity index (χ0v) is 11.5. The molecule has 1 aliphatic carbocycles. The fourth-order valence-corrected chi connectivity index (χ4v) is 3.01. The maximum absolute atomic E-state index is 11.6. The van der Waals surface area contributed by atoms with Gasteiger partial charge in [0, 0.05) is 0 Å². The third-order valence-electron chi connectivity index (χ3n) is 3.47. The molecule has 0 aromatic heterocycles. The van der Waals surface area contributed by atoms with Crippen molar-refractivity contribution in [1.82, 2.24) is 4.72 Å². The van der Waals surface area contributed by atoms with E-state index >= 15 is 0 Å². The highest BCUT2D eigenvalue weighted by Gasteiger charge is 2.25. The van der Waals surface area contributed by atoms with E-state index in [9.17, 15) is 8.42 Å². The van der Waals surface area contributed by atoms with E-state index in [1.54, 1.807) is 24.3 Å². The fraction of sp³-hybridized carbons (Fsp3) is 0.538. The van der Waals surface area contributed by atoms with E-state index in [0.29, 0.717) is 5.92 Å². The van der Waals surface area contributed by atoms with Crippen LogP contribution in [0.2, 0.25) is 0 Å². The molecule has 2 atom stereocenters. The quantitative estimate of drug-likeness (QED) is 0.911. The van der Waals surface area contributed by atoms with Crippen LogP contribution < -0.4 is 9.46 Å². The lowest BCUT2D eigenvalue weighted by Gasteiger charge is -2.18. The summed E-state index contributed by atoms with van der Waals surface area (Å²) in [6.45, 7) is 2.19. The standard InChI is InChI=1S/C13H19NO3S/c1-10-4-3-5-13(10)17-11-6-8-12(9-7-11)18(15,16)14-2/h6-10,13-14H,3-5H2,1-2H3/t10-,13-/m1/s1. The van der Waals surface area contributed by atoms with Gasteiger partial charge in [-0.15, -0.1) is 0 Å². The maximum atomic E-state index is 11.6. The molecule has 1 aromatic rings. The Labute approximate surface area is 108 Å². The molecule has 100 valence electrons. The van der Waals surface area contributed by atoms with Gasteiger partial charge in [0.15, 0.2) is 0 Å². The molecule has 0 saturated heterocycles. The van der Waals surface area contributed by atoms with Gasteiger partial charge in [-0.2, -0.15) is 0 Å². The van der Waals surface area contributed by atoms with E-state index < -0.39 is 10.0 Å². The normalized spacial score (nSPS) is 24.1.